The molecule has 2 unspecified atom stereocenters. The molecule has 1 aromatic rings. The lowest BCUT2D eigenvalue weighted by Crippen LogP contribution is -2.56. The zero-order valence-electron chi connectivity index (χ0n) is 15.8. The summed E-state index contributed by atoms with van der Waals surface area (Å²) in [6, 6.07) is 2.90. The molecule has 4 heterocycles. The van der Waals surface area contributed by atoms with Crippen molar-refractivity contribution in [3.8, 4) is 6.07 Å². The second-order valence-electron chi connectivity index (χ2n) is 8.81. The first-order chi connectivity index (χ1) is 13.1. The van der Waals surface area contributed by atoms with Gasteiger partial charge >= 0.3 is 5.97 Å². The number of anilines is 2. The number of nitriles is 1. The van der Waals surface area contributed by atoms with Crippen molar-refractivity contribution in [2.45, 2.75) is 51.5 Å². The van der Waals surface area contributed by atoms with Crippen LogP contribution in [0.5, 0.6) is 0 Å². The lowest BCUT2D eigenvalue weighted by molar-refractivity contribution is -0.141. The lowest BCUT2D eigenvalue weighted by Gasteiger charge is -2.54. The van der Waals surface area contributed by atoms with Crippen LogP contribution in [-0.4, -0.2) is 41.7 Å². The van der Waals surface area contributed by atoms with Crippen LogP contribution >= 0.6 is 0 Å². The Bertz CT molecular complexity index is 834. The maximum absolute atomic E-state index is 11.1. The number of rotatable bonds is 4. The predicted molar refractivity (Wildman–Crippen MR) is 102 cm³/mol. The van der Waals surface area contributed by atoms with Gasteiger partial charge in [0.1, 0.15) is 17.7 Å². The van der Waals surface area contributed by atoms with Crippen molar-refractivity contribution in [2.75, 3.05) is 29.4 Å². The van der Waals surface area contributed by atoms with Crippen LogP contribution in [0.1, 0.15) is 49.3 Å². The van der Waals surface area contributed by atoms with E-state index < -0.39 is 5.97 Å². The Hall–Kier alpha value is -2.29. The topological polar surface area (TPSA) is 80.5 Å². The van der Waals surface area contributed by atoms with Gasteiger partial charge in [0, 0.05) is 32.1 Å². The largest absolute Gasteiger partial charge is 0.481 e. The molecule has 3 saturated heterocycles. The van der Waals surface area contributed by atoms with Gasteiger partial charge in [-0.15, -0.1) is 0 Å². The molecule has 4 fully saturated rings. The van der Waals surface area contributed by atoms with Crippen LogP contribution in [0, 0.1) is 29.1 Å². The summed E-state index contributed by atoms with van der Waals surface area (Å²) < 4.78 is 0. The smallest absolute Gasteiger partial charge is 0.303 e. The summed E-state index contributed by atoms with van der Waals surface area (Å²) in [7, 11) is 0. The van der Waals surface area contributed by atoms with E-state index in [1.54, 1.807) is 0 Å². The molecule has 1 N–H and O–H groups in total. The number of hydrogen-bond acceptors (Lipinski definition) is 5. The van der Waals surface area contributed by atoms with E-state index in [4.69, 9.17) is 10.1 Å². The van der Waals surface area contributed by atoms with Gasteiger partial charge in [-0.2, -0.15) is 5.26 Å². The lowest BCUT2D eigenvalue weighted by atomic mass is 9.60. The maximum atomic E-state index is 11.1. The van der Waals surface area contributed by atoms with Crippen molar-refractivity contribution in [1.82, 2.24) is 4.98 Å². The molecule has 6 rings (SSSR count). The summed E-state index contributed by atoms with van der Waals surface area (Å²) in [6.07, 6.45) is 5.70. The van der Waals surface area contributed by atoms with Gasteiger partial charge in [-0.25, -0.2) is 4.98 Å². The standard InChI is InChI=1S/C21H26N4O2/c1-12-5-6-25(12)21-18(9-22)15-3-2-4-16(15)20(23-21)24-10-13-7-14(11-24)17(13)8-19(26)27/h12-14,17H,2-8,10-11H2,1H3,(H,26,27)/t12?,13-,14+,17?. The highest BCUT2D eigenvalue weighted by Gasteiger charge is 2.48. The number of aromatic nitrogens is 1. The van der Waals surface area contributed by atoms with E-state index in [0.29, 0.717) is 30.2 Å². The third-order valence-electron chi connectivity index (χ3n) is 7.36. The van der Waals surface area contributed by atoms with Gasteiger partial charge in [-0.05, 0) is 67.9 Å². The second-order valence-corrected chi connectivity index (χ2v) is 8.81. The van der Waals surface area contributed by atoms with Crippen LogP contribution < -0.4 is 9.80 Å². The normalized spacial score (nSPS) is 31.0. The number of carboxylic acids is 1. The Morgan fingerprint density at radius 3 is 2.59 bits per heavy atom. The molecule has 27 heavy (non-hydrogen) atoms. The Kier molecular flexibility index (Phi) is 3.82. The average Bonchev–Trinajstić information content (AvgIpc) is 3.13. The molecule has 0 radical (unpaired) electrons. The molecule has 2 aliphatic carbocycles. The third kappa shape index (κ3) is 2.51. The van der Waals surface area contributed by atoms with Crippen molar-refractivity contribution in [2.24, 2.45) is 17.8 Å². The van der Waals surface area contributed by atoms with E-state index in [2.05, 4.69) is 22.8 Å². The summed E-state index contributed by atoms with van der Waals surface area (Å²) in [5.74, 6) is 2.57. The van der Waals surface area contributed by atoms with Gasteiger partial charge in [0.05, 0.1) is 5.56 Å². The van der Waals surface area contributed by atoms with E-state index >= 15 is 0 Å². The first kappa shape index (κ1) is 16.9. The molecule has 6 heteroatoms. The fraction of sp³-hybridized carbons (Fsp3) is 0.667. The van der Waals surface area contributed by atoms with Crippen LogP contribution in [0.25, 0.3) is 0 Å². The molecule has 0 aromatic carbocycles. The van der Waals surface area contributed by atoms with Crippen molar-refractivity contribution in [3.63, 3.8) is 0 Å². The highest BCUT2D eigenvalue weighted by atomic mass is 16.4. The maximum Gasteiger partial charge on any atom is 0.303 e. The van der Waals surface area contributed by atoms with Crippen LogP contribution in [0.15, 0.2) is 0 Å². The number of nitrogens with zero attached hydrogens (tertiary/aromatic N) is 4. The van der Waals surface area contributed by atoms with Crippen molar-refractivity contribution in [3.05, 3.63) is 16.7 Å². The molecule has 0 amide bonds. The van der Waals surface area contributed by atoms with E-state index in [1.165, 1.54) is 11.1 Å². The van der Waals surface area contributed by atoms with Crippen molar-refractivity contribution >= 4 is 17.6 Å². The third-order valence-corrected chi connectivity index (χ3v) is 7.36. The minimum absolute atomic E-state index is 0.304. The number of piperidine rings is 2. The van der Waals surface area contributed by atoms with Crippen molar-refractivity contribution < 1.29 is 9.90 Å². The van der Waals surface area contributed by atoms with Gasteiger partial charge < -0.3 is 14.9 Å². The van der Waals surface area contributed by atoms with Gasteiger partial charge in [0.15, 0.2) is 0 Å². The Balaban J connectivity index is 1.49. The first-order valence-corrected chi connectivity index (χ1v) is 10.3. The highest BCUT2D eigenvalue weighted by molar-refractivity contribution is 5.70. The molecule has 1 aromatic heterocycles. The highest BCUT2D eigenvalue weighted by Crippen LogP contribution is 2.49. The molecule has 2 bridgehead atoms. The summed E-state index contributed by atoms with van der Waals surface area (Å²) in [6.45, 7) is 5.00. The quantitative estimate of drug-likeness (QED) is 0.882. The Labute approximate surface area is 159 Å². The summed E-state index contributed by atoms with van der Waals surface area (Å²) >= 11 is 0. The Morgan fingerprint density at radius 1 is 1.26 bits per heavy atom. The fourth-order valence-corrected chi connectivity index (χ4v) is 5.74. The van der Waals surface area contributed by atoms with E-state index in [-0.39, 0.29) is 0 Å². The number of carboxylic acid groups (broad SMARTS) is 1. The zero-order chi connectivity index (χ0) is 18.7. The van der Waals surface area contributed by atoms with Gasteiger partial charge in [-0.3, -0.25) is 4.79 Å². The zero-order valence-corrected chi connectivity index (χ0v) is 15.8. The number of aliphatic carboxylic acids is 1. The number of hydrogen-bond donors (Lipinski definition) is 1. The molecule has 5 aliphatic rings. The van der Waals surface area contributed by atoms with Gasteiger partial charge in [-0.1, -0.05) is 0 Å². The average molecular weight is 366 g/mol. The minimum atomic E-state index is -0.672. The number of fused-ring (bicyclic) bond motifs is 3. The first-order valence-electron chi connectivity index (χ1n) is 10.3. The van der Waals surface area contributed by atoms with Crippen LogP contribution in [0.2, 0.25) is 0 Å². The summed E-state index contributed by atoms with van der Waals surface area (Å²) in [5.41, 5.74) is 3.29. The summed E-state index contributed by atoms with van der Waals surface area (Å²) in [4.78, 5) is 20.9. The van der Waals surface area contributed by atoms with Gasteiger partial charge in [0.2, 0.25) is 0 Å². The Morgan fingerprint density at radius 2 is 2.00 bits per heavy atom. The minimum Gasteiger partial charge on any atom is -0.481 e. The second kappa shape index (κ2) is 6.12. The number of pyridine rings is 1. The SMILES string of the molecule is CC1CCN1c1nc(N2C[C@H]3C[C@@H](C2)C3CC(=O)O)c2c(c1C#N)CCC2. The molecular weight excluding hydrogens is 340 g/mol. The van der Waals surface area contributed by atoms with Crippen LogP contribution in [0.4, 0.5) is 11.6 Å². The van der Waals surface area contributed by atoms with E-state index in [9.17, 15) is 10.1 Å². The monoisotopic (exact) mass is 366 g/mol. The molecule has 4 atom stereocenters. The molecule has 3 aliphatic heterocycles. The van der Waals surface area contributed by atoms with Crippen LogP contribution in [0.3, 0.4) is 0 Å². The summed E-state index contributed by atoms with van der Waals surface area (Å²) in [5, 5.41) is 19.0. The number of carbonyl (C=O) groups is 1. The van der Waals surface area contributed by atoms with E-state index in [1.807, 2.05) is 0 Å². The van der Waals surface area contributed by atoms with Gasteiger partial charge in [0.25, 0.3) is 0 Å². The van der Waals surface area contributed by atoms with Crippen molar-refractivity contribution in [1.29, 1.82) is 5.26 Å². The molecule has 0 spiro atoms. The van der Waals surface area contributed by atoms with Crippen LogP contribution in [-0.2, 0) is 17.6 Å². The predicted octanol–water partition coefficient (Wildman–Crippen LogP) is 2.59. The molecule has 6 nitrogen and oxygen atoms in total. The molecule has 142 valence electrons. The van der Waals surface area contributed by atoms with E-state index in [0.717, 1.165) is 68.9 Å². The fourth-order valence-electron chi connectivity index (χ4n) is 5.74. The molecular formula is C21H26N4O2. The molecule has 1 saturated carbocycles.